The van der Waals surface area contributed by atoms with Gasteiger partial charge in [0.25, 0.3) is 20.2 Å². The number of hydrogen-bond donors (Lipinski definition) is 0. The second kappa shape index (κ2) is 10.4. The Balaban J connectivity index is 1.63. The molecule has 2 aliphatic heterocycles. The molecule has 10 nitrogen and oxygen atoms in total. The molecule has 12 heteroatoms. The normalized spacial score (nSPS) is 29.9. The van der Waals surface area contributed by atoms with E-state index in [2.05, 4.69) is 0 Å². The van der Waals surface area contributed by atoms with Gasteiger partial charge in [-0.05, 0) is 5.56 Å². The van der Waals surface area contributed by atoms with Gasteiger partial charge in [0.15, 0.2) is 18.7 Å². The molecule has 186 valence electrons. The fraction of sp³-hybridized carbons (Fsp3) is 0.455. The minimum absolute atomic E-state index is 0.0324. The van der Waals surface area contributed by atoms with Crippen molar-refractivity contribution in [1.29, 1.82) is 0 Å². The largest absolute Gasteiger partial charge is 0.346 e. The molecule has 2 aliphatic rings. The SMILES string of the molecule is CS(=O)(=O)O[C@@H]1[C@@H](OS(C)(=O)=O)[C@H](OCc2ccccc2)O[C@@H]2CO[C@H](c3ccccc3)O[C@@H]12. The first-order chi connectivity index (χ1) is 16.1. The Hall–Kier alpha value is -1.90. The quantitative estimate of drug-likeness (QED) is 0.481. The smallest absolute Gasteiger partial charge is 0.264 e. The van der Waals surface area contributed by atoms with Gasteiger partial charge < -0.3 is 18.9 Å². The van der Waals surface area contributed by atoms with Crippen molar-refractivity contribution in [2.24, 2.45) is 0 Å². The molecule has 0 bridgehead atoms. The Morgan fingerprint density at radius 1 is 0.824 bits per heavy atom. The van der Waals surface area contributed by atoms with Crippen LogP contribution in [-0.2, 0) is 54.2 Å². The van der Waals surface area contributed by atoms with Crippen LogP contribution in [0.4, 0.5) is 0 Å². The lowest BCUT2D eigenvalue weighted by Crippen LogP contribution is -2.64. The van der Waals surface area contributed by atoms with Crippen LogP contribution in [0.5, 0.6) is 0 Å². The average molecular weight is 515 g/mol. The Bertz CT molecular complexity index is 1150. The van der Waals surface area contributed by atoms with E-state index in [4.69, 9.17) is 27.3 Å². The first-order valence-electron chi connectivity index (χ1n) is 10.5. The van der Waals surface area contributed by atoms with Gasteiger partial charge in [-0.3, -0.25) is 8.37 Å². The van der Waals surface area contributed by atoms with E-state index in [0.29, 0.717) is 5.56 Å². The summed E-state index contributed by atoms with van der Waals surface area (Å²) in [7, 11) is -8.10. The fourth-order valence-electron chi connectivity index (χ4n) is 3.83. The highest BCUT2D eigenvalue weighted by Gasteiger charge is 2.54. The summed E-state index contributed by atoms with van der Waals surface area (Å²) in [5.41, 5.74) is 1.49. The van der Waals surface area contributed by atoms with Gasteiger partial charge in [0.1, 0.15) is 18.3 Å². The number of fused-ring (bicyclic) bond motifs is 1. The van der Waals surface area contributed by atoms with Gasteiger partial charge in [-0.25, -0.2) is 0 Å². The lowest BCUT2D eigenvalue weighted by Gasteiger charge is -2.47. The van der Waals surface area contributed by atoms with Crippen molar-refractivity contribution in [2.75, 3.05) is 19.1 Å². The summed E-state index contributed by atoms with van der Waals surface area (Å²) in [5.74, 6) is 0. The lowest BCUT2D eigenvalue weighted by atomic mass is 9.98. The number of hydrogen-bond acceptors (Lipinski definition) is 10. The van der Waals surface area contributed by atoms with Crippen LogP contribution in [-0.4, -0.2) is 66.7 Å². The van der Waals surface area contributed by atoms with Crippen LogP contribution in [0.3, 0.4) is 0 Å². The van der Waals surface area contributed by atoms with E-state index >= 15 is 0 Å². The maximum atomic E-state index is 12.1. The van der Waals surface area contributed by atoms with Crippen molar-refractivity contribution < 1.29 is 44.1 Å². The van der Waals surface area contributed by atoms with E-state index in [1.807, 2.05) is 36.4 Å². The zero-order valence-electron chi connectivity index (χ0n) is 18.6. The minimum Gasteiger partial charge on any atom is -0.346 e. The molecule has 0 aromatic heterocycles. The molecule has 34 heavy (non-hydrogen) atoms. The third-order valence-electron chi connectivity index (χ3n) is 5.18. The third kappa shape index (κ3) is 6.61. The van der Waals surface area contributed by atoms with E-state index < -0.39 is 57.2 Å². The zero-order valence-corrected chi connectivity index (χ0v) is 20.2. The third-order valence-corrected chi connectivity index (χ3v) is 6.33. The van der Waals surface area contributed by atoms with Crippen molar-refractivity contribution in [3.05, 3.63) is 71.8 Å². The first-order valence-corrected chi connectivity index (χ1v) is 14.1. The Labute approximate surface area is 198 Å². The second-order valence-electron chi connectivity index (χ2n) is 8.05. The summed E-state index contributed by atoms with van der Waals surface area (Å²) < 4.78 is 82.6. The lowest BCUT2D eigenvalue weighted by molar-refractivity contribution is -0.355. The first kappa shape index (κ1) is 25.2. The Morgan fingerprint density at radius 3 is 2.03 bits per heavy atom. The molecule has 6 atom stereocenters. The molecule has 0 spiro atoms. The van der Waals surface area contributed by atoms with Crippen LogP contribution in [0.15, 0.2) is 60.7 Å². The molecule has 2 fully saturated rings. The molecule has 0 radical (unpaired) electrons. The average Bonchev–Trinajstić information content (AvgIpc) is 2.79. The topological polar surface area (TPSA) is 124 Å². The molecule has 4 rings (SSSR count). The summed E-state index contributed by atoms with van der Waals surface area (Å²) in [6, 6.07) is 18.1. The molecule has 2 aromatic carbocycles. The standard InChI is InChI=1S/C22H26O10S2/c1-33(23,24)31-19-18-17(14-28-21(30-18)16-11-7-4-8-12-16)29-22(20(19)32-34(2,25)26)27-13-15-9-5-3-6-10-15/h3-12,17-22H,13-14H2,1-2H3/t17-,18-,19+,20-,21+,22-/m1/s1. The molecule has 2 saturated heterocycles. The van der Waals surface area contributed by atoms with Crippen molar-refractivity contribution in [3.63, 3.8) is 0 Å². The maximum Gasteiger partial charge on any atom is 0.264 e. The van der Waals surface area contributed by atoms with Gasteiger partial charge in [0, 0.05) is 5.56 Å². The van der Waals surface area contributed by atoms with Crippen LogP contribution in [0.1, 0.15) is 17.4 Å². The molecule has 0 amide bonds. The van der Waals surface area contributed by atoms with Gasteiger partial charge in [-0.1, -0.05) is 60.7 Å². The highest BCUT2D eigenvalue weighted by Crippen LogP contribution is 2.37. The molecule has 0 aliphatic carbocycles. The van der Waals surface area contributed by atoms with Crippen LogP contribution >= 0.6 is 0 Å². The fourth-order valence-corrected chi connectivity index (χ4v) is 5.06. The van der Waals surface area contributed by atoms with E-state index in [1.165, 1.54) is 0 Å². The summed E-state index contributed by atoms with van der Waals surface area (Å²) in [5, 5.41) is 0. The highest BCUT2D eigenvalue weighted by atomic mass is 32.2. The number of benzene rings is 2. The number of ether oxygens (including phenoxy) is 4. The highest BCUT2D eigenvalue weighted by molar-refractivity contribution is 7.86. The predicted molar refractivity (Wildman–Crippen MR) is 119 cm³/mol. The summed E-state index contributed by atoms with van der Waals surface area (Å²) in [6.45, 7) is 0.0944. The van der Waals surface area contributed by atoms with E-state index in [0.717, 1.165) is 18.1 Å². The van der Waals surface area contributed by atoms with Crippen molar-refractivity contribution in [2.45, 2.75) is 43.6 Å². The van der Waals surface area contributed by atoms with Crippen LogP contribution < -0.4 is 0 Å². The number of rotatable bonds is 8. The molecule has 0 saturated carbocycles. The van der Waals surface area contributed by atoms with Crippen molar-refractivity contribution in [1.82, 2.24) is 0 Å². The van der Waals surface area contributed by atoms with Gasteiger partial charge in [-0.15, -0.1) is 0 Å². The molecular formula is C22H26O10S2. The van der Waals surface area contributed by atoms with E-state index in [9.17, 15) is 16.8 Å². The van der Waals surface area contributed by atoms with Crippen molar-refractivity contribution in [3.8, 4) is 0 Å². The predicted octanol–water partition coefficient (Wildman–Crippen LogP) is 1.73. The molecular weight excluding hydrogens is 488 g/mol. The van der Waals surface area contributed by atoms with Gasteiger partial charge in [-0.2, -0.15) is 16.8 Å². The van der Waals surface area contributed by atoms with E-state index in [-0.39, 0.29) is 13.2 Å². The molecule has 0 unspecified atom stereocenters. The van der Waals surface area contributed by atoms with Crippen LogP contribution in [0, 0.1) is 0 Å². The Morgan fingerprint density at radius 2 is 1.41 bits per heavy atom. The van der Waals surface area contributed by atoms with Gasteiger partial charge >= 0.3 is 0 Å². The van der Waals surface area contributed by atoms with Crippen LogP contribution in [0.2, 0.25) is 0 Å². The second-order valence-corrected chi connectivity index (χ2v) is 11.2. The molecule has 2 aromatic rings. The summed E-state index contributed by atoms with van der Waals surface area (Å²) in [6.07, 6.45) is -5.04. The van der Waals surface area contributed by atoms with Gasteiger partial charge in [0.2, 0.25) is 0 Å². The summed E-state index contributed by atoms with van der Waals surface area (Å²) >= 11 is 0. The van der Waals surface area contributed by atoms with Crippen LogP contribution in [0.25, 0.3) is 0 Å². The molecule has 0 N–H and O–H groups in total. The minimum atomic E-state index is -4.05. The Kier molecular flexibility index (Phi) is 7.69. The monoisotopic (exact) mass is 514 g/mol. The maximum absolute atomic E-state index is 12.1. The van der Waals surface area contributed by atoms with Gasteiger partial charge in [0.05, 0.1) is 25.7 Å². The molecule has 2 heterocycles. The van der Waals surface area contributed by atoms with Crippen molar-refractivity contribution >= 4 is 20.2 Å². The summed E-state index contributed by atoms with van der Waals surface area (Å²) in [4.78, 5) is 0. The van der Waals surface area contributed by atoms with E-state index in [1.54, 1.807) is 24.3 Å². The zero-order chi connectivity index (χ0) is 24.3.